The lowest BCUT2D eigenvalue weighted by Crippen LogP contribution is -2.24. The van der Waals surface area contributed by atoms with Gasteiger partial charge in [-0.3, -0.25) is 14.8 Å². The first-order chi connectivity index (χ1) is 15.6. The number of carbonyl (C=O) groups excluding carboxylic acids is 1. The molecule has 0 bridgehead atoms. The van der Waals surface area contributed by atoms with Crippen LogP contribution in [0.4, 0.5) is 0 Å². The average Bonchev–Trinajstić information content (AvgIpc) is 2.82. The molecule has 2 aromatic heterocycles. The Bertz CT molecular complexity index is 1080. The fraction of sp³-hybridized carbons (Fsp3) is 0.207. The summed E-state index contributed by atoms with van der Waals surface area (Å²) in [6.07, 6.45) is 4.94. The summed E-state index contributed by atoms with van der Waals surface area (Å²) in [6.45, 7) is 3.95. The molecule has 3 heteroatoms. The molecule has 2 atom stereocenters. The van der Waals surface area contributed by atoms with E-state index in [9.17, 15) is 4.79 Å². The van der Waals surface area contributed by atoms with Crippen LogP contribution in [0.5, 0.6) is 0 Å². The van der Waals surface area contributed by atoms with Crippen LogP contribution in [0.3, 0.4) is 0 Å². The van der Waals surface area contributed by atoms with E-state index in [1.165, 1.54) is 0 Å². The van der Waals surface area contributed by atoms with Crippen molar-refractivity contribution in [2.24, 2.45) is 0 Å². The Morgan fingerprint density at radius 3 is 1.44 bits per heavy atom. The molecule has 32 heavy (non-hydrogen) atoms. The molecule has 0 spiro atoms. The number of Topliss-reactive ketones (excluding diaryl/α,β-unsaturated/α-hetero) is 1. The fourth-order valence-electron chi connectivity index (χ4n) is 4.28. The van der Waals surface area contributed by atoms with Crippen LogP contribution >= 0.6 is 0 Å². The van der Waals surface area contributed by atoms with Crippen molar-refractivity contribution in [1.29, 1.82) is 0 Å². The van der Waals surface area contributed by atoms with Crippen molar-refractivity contribution in [3.05, 3.63) is 131 Å². The Hall–Kier alpha value is -3.59. The van der Waals surface area contributed by atoms with Crippen molar-refractivity contribution in [3.63, 3.8) is 0 Å². The van der Waals surface area contributed by atoms with Gasteiger partial charge in [0.15, 0.2) is 0 Å². The topological polar surface area (TPSA) is 42.9 Å². The summed E-state index contributed by atoms with van der Waals surface area (Å²) < 4.78 is 0. The Labute approximate surface area is 190 Å². The summed E-state index contributed by atoms with van der Waals surface area (Å²) in [5, 5.41) is 0. The van der Waals surface area contributed by atoms with E-state index in [0.717, 1.165) is 33.6 Å². The van der Waals surface area contributed by atoms with Crippen molar-refractivity contribution >= 4 is 5.78 Å². The Kier molecular flexibility index (Phi) is 6.86. The summed E-state index contributed by atoms with van der Waals surface area (Å²) >= 11 is 0. The van der Waals surface area contributed by atoms with Crippen LogP contribution in [0.1, 0.15) is 45.5 Å². The van der Waals surface area contributed by atoms with Crippen molar-refractivity contribution in [1.82, 2.24) is 9.97 Å². The van der Waals surface area contributed by atoms with Crippen LogP contribution in [-0.2, 0) is 17.6 Å². The Morgan fingerprint density at radius 1 is 0.656 bits per heavy atom. The molecule has 0 aliphatic heterocycles. The van der Waals surface area contributed by atoms with E-state index in [0.29, 0.717) is 12.8 Å². The molecular formula is C29H28N2O. The van der Waals surface area contributed by atoms with E-state index in [1.807, 2.05) is 74.5 Å². The van der Waals surface area contributed by atoms with E-state index in [1.54, 1.807) is 12.4 Å². The number of pyridine rings is 2. The second-order valence-corrected chi connectivity index (χ2v) is 8.35. The van der Waals surface area contributed by atoms with E-state index in [-0.39, 0.29) is 17.6 Å². The van der Waals surface area contributed by atoms with Gasteiger partial charge in [-0.15, -0.1) is 0 Å². The minimum absolute atomic E-state index is 0.230. The molecule has 0 saturated heterocycles. The maximum atomic E-state index is 14.2. The number of hydrogen-bond acceptors (Lipinski definition) is 3. The molecule has 0 aliphatic carbocycles. The smallest absolute Gasteiger partial charge is 0.148 e. The number of rotatable bonds is 8. The first-order valence-corrected chi connectivity index (χ1v) is 11.1. The summed E-state index contributed by atoms with van der Waals surface area (Å²) in [7, 11) is 0. The maximum Gasteiger partial charge on any atom is 0.148 e. The van der Waals surface area contributed by atoms with Crippen LogP contribution in [0.15, 0.2) is 97.3 Å². The summed E-state index contributed by atoms with van der Waals surface area (Å²) in [5.74, 6) is -0.267. The summed E-state index contributed by atoms with van der Waals surface area (Å²) in [4.78, 5) is 22.9. The molecule has 0 fully saturated rings. The highest BCUT2D eigenvalue weighted by Gasteiger charge is 2.30. The highest BCUT2D eigenvalue weighted by Crippen LogP contribution is 2.32. The van der Waals surface area contributed by atoms with Crippen molar-refractivity contribution in [2.45, 2.75) is 38.5 Å². The van der Waals surface area contributed by atoms with Crippen LogP contribution in [0.2, 0.25) is 0 Å². The van der Waals surface area contributed by atoms with Crippen molar-refractivity contribution in [3.8, 4) is 0 Å². The first kappa shape index (κ1) is 21.6. The molecule has 2 aromatic carbocycles. The van der Waals surface area contributed by atoms with Gasteiger partial charge >= 0.3 is 0 Å². The number of hydrogen-bond donors (Lipinski definition) is 0. The standard InChI is InChI=1S/C29H28N2O/c1-21-17-25(13-15-30-21)27(19-23-9-5-3-6-10-23)29(32)28(20-24-11-7-4-8-12-24)26-14-16-31-22(2)18-26/h3-18,27-28H,19-20H2,1-2H3. The normalized spacial score (nSPS) is 12.8. The van der Waals surface area contributed by atoms with Gasteiger partial charge in [-0.05, 0) is 73.2 Å². The van der Waals surface area contributed by atoms with Gasteiger partial charge in [-0.25, -0.2) is 0 Å². The molecule has 4 rings (SSSR count). The van der Waals surface area contributed by atoms with Crippen LogP contribution in [0.25, 0.3) is 0 Å². The molecule has 0 saturated carbocycles. The Morgan fingerprint density at radius 2 is 1.06 bits per heavy atom. The molecule has 3 nitrogen and oxygen atoms in total. The third-order valence-corrected chi connectivity index (χ3v) is 5.90. The van der Waals surface area contributed by atoms with E-state index in [2.05, 4.69) is 34.2 Å². The average molecular weight is 421 g/mol. The first-order valence-electron chi connectivity index (χ1n) is 11.1. The lowest BCUT2D eigenvalue weighted by molar-refractivity contribution is -0.122. The number of aryl methyl sites for hydroxylation is 2. The zero-order valence-electron chi connectivity index (χ0n) is 18.6. The maximum absolute atomic E-state index is 14.2. The molecule has 2 unspecified atom stereocenters. The number of benzene rings is 2. The monoisotopic (exact) mass is 420 g/mol. The third kappa shape index (κ3) is 5.36. The molecule has 0 amide bonds. The zero-order valence-corrected chi connectivity index (χ0v) is 18.6. The molecule has 0 radical (unpaired) electrons. The van der Waals surface area contributed by atoms with Gasteiger partial charge in [0, 0.05) is 35.6 Å². The van der Waals surface area contributed by atoms with E-state index >= 15 is 0 Å². The lowest BCUT2D eigenvalue weighted by Gasteiger charge is -2.24. The van der Waals surface area contributed by atoms with Gasteiger partial charge in [0.1, 0.15) is 5.78 Å². The second kappa shape index (κ2) is 10.1. The molecule has 160 valence electrons. The number of ketones is 1. The molecule has 0 aliphatic rings. The van der Waals surface area contributed by atoms with Gasteiger partial charge < -0.3 is 0 Å². The van der Waals surface area contributed by atoms with E-state index < -0.39 is 0 Å². The number of carbonyl (C=O) groups is 1. The van der Waals surface area contributed by atoms with E-state index in [4.69, 9.17) is 0 Å². The second-order valence-electron chi connectivity index (χ2n) is 8.35. The van der Waals surface area contributed by atoms with Crippen molar-refractivity contribution < 1.29 is 4.79 Å². The van der Waals surface area contributed by atoms with Crippen LogP contribution in [-0.4, -0.2) is 15.8 Å². The number of aromatic nitrogens is 2. The molecule has 4 aromatic rings. The highest BCUT2D eigenvalue weighted by molar-refractivity contribution is 5.92. The predicted octanol–water partition coefficient (Wildman–Crippen LogP) is 6.02. The SMILES string of the molecule is Cc1cc(C(Cc2ccccc2)C(=O)C(Cc2ccccc2)c2ccnc(C)c2)ccn1. The van der Waals surface area contributed by atoms with Gasteiger partial charge in [-0.2, -0.15) is 0 Å². The molecular weight excluding hydrogens is 392 g/mol. The zero-order chi connectivity index (χ0) is 22.3. The van der Waals surface area contributed by atoms with Gasteiger partial charge in [0.2, 0.25) is 0 Å². The quantitative estimate of drug-likeness (QED) is 0.350. The summed E-state index contributed by atoms with van der Waals surface area (Å²) in [6, 6.07) is 28.6. The fourth-order valence-corrected chi connectivity index (χ4v) is 4.28. The van der Waals surface area contributed by atoms with Gasteiger partial charge in [0.05, 0.1) is 0 Å². The number of nitrogens with zero attached hydrogens (tertiary/aromatic N) is 2. The third-order valence-electron chi connectivity index (χ3n) is 5.90. The predicted molar refractivity (Wildman–Crippen MR) is 129 cm³/mol. The van der Waals surface area contributed by atoms with Gasteiger partial charge in [-0.1, -0.05) is 60.7 Å². The largest absolute Gasteiger partial charge is 0.298 e. The summed E-state index contributed by atoms with van der Waals surface area (Å²) in [5.41, 5.74) is 6.21. The highest BCUT2D eigenvalue weighted by atomic mass is 16.1. The minimum Gasteiger partial charge on any atom is -0.298 e. The lowest BCUT2D eigenvalue weighted by atomic mass is 9.78. The van der Waals surface area contributed by atoms with Crippen LogP contribution < -0.4 is 0 Å². The Balaban J connectivity index is 1.76. The minimum atomic E-state index is -0.249. The van der Waals surface area contributed by atoms with Gasteiger partial charge in [0.25, 0.3) is 0 Å². The molecule has 2 heterocycles. The van der Waals surface area contributed by atoms with Crippen LogP contribution in [0, 0.1) is 13.8 Å². The van der Waals surface area contributed by atoms with Crippen molar-refractivity contribution in [2.75, 3.05) is 0 Å². The molecule has 0 N–H and O–H groups in total.